The molecule has 0 aliphatic heterocycles. The minimum atomic E-state index is -1.35. The molecule has 23 heavy (non-hydrogen) atoms. The second kappa shape index (κ2) is 5.38. The minimum absolute atomic E-state index is 0.164. The summed E-state index contributed by atoms with van der Waals surface area (Å²) in [6.45, 7) is 0. The number of nitrogens with one attached hydrogen (secondary N) is 1. The number of nitrogens with zero attached hydrogens (tertiary/aromatic N) is 1. The predicted molar refractivity (Wildman–Crippen MR) is 83.6 cm³/mol. The van der Waals surface area contributed by atoms with E-state index in [9.17, 15) is 19.7 Å². The normalized spacial score (nSPS) is 10.6. The highest BCUT2D eigenvalue weighted by Gasteiger charge is 2.19. The smallest absolute Gasteiger partial charge is 0.341 e. The van der Waals surface area contributed by atoms with Gasteiger partial charge in [-0.2, -0.15) is 0 Å². The third kappa shape index (κ3) is 2.55. The Bertz CT molecular complexity index is 993. The first-order valence-corrected chi connectivity index (χ1v) is 6.61. The number of H-pyrrole nitrogens is 1. The number of rotatable bonds is 3. The average molecular weight is 310 g/mol. The molecule has 2 N–H and O–H groups in total. The van der Waals surface area contributed by atoms with Crippen molar-refractivity contribution >= 4 is 22.6 Å². The first-order chi connectivity index (χ1) is 11.0. The van der Waals surface area contributed by atoms with E-state index in [1.807, 2.05) is 0 Å². The number of hydrogen-bond donors (Lipinski definition) is 2. The van der Waals surface area contributed by atoms with Crippen LogP contribution in [0.4, 0.5) is 5.69 Å². The number of pyridine rings is 1. The Labute approximate surface area is 129 Å². The zero-order valence-electron chi connectivity index (χ0n) is 11.6. The Hall–Kier alpha value is -3.48. The largest absolute Gasteiger partial charge is 0.477 e. The predicted octanol–water partition coefficient (Wildman–Crippen LogP) is 2.80. The molecule has 0 unspecified atom stereocenters. The Kier molecular flexibility index (Phi) is 3.38. The number of fused-ring (bicyclic) bond motifs is 1. The van der Waals surface area contributed by atoms with Gasteiger partial charge in [-0.1, -0.05) is 30.3 Å². The highest BCUT2D eigenvalue weighted by atomic mass is 16.6. The summed E-state index contributed by atoms with van der Waals surface area (Å²) in [5.74, 6) is -1.35. The number of aromatic nitrogens is 1. The van der Waals surface area contributed by atoms with Crippen LogP contribution in [-0.4, -0.2) is 21.0 Å². The van der Waals surface area contributed by atoms with Crippen molar-refractivity contribution in [1.29, 1.82) is 0 Å². The van der Waals surface area contributed by atoms with Gasteiger partial charge < -0.3 is 10.1 Å². The van der Waals surface area contributed by atoms with Gasteiger partial charge in [0.1, 0.15) is 5.56 Å². The fraction of sp³-hybridized carbons (Fsp3) is 0. The highest BCUT2D eigenvalue weighted by molar-refractivity contribution is 5.95. The van der Waals surface area contributed by atoms with Crippen molar-refractivity contribution in [2.45, 2.75) is 0 Å². The standard InChI is InChI=1S/C16H10N2O5/c19-15-12(16(20)21)7-10-6-11(9-4-2-1-3-5-9)14(18(22)23)8-13(10)17-15/h1-8H,(H,17,19)(H,20,21). The molecule has 3 aromatic rings. The van der Waals surface area contributed by atoms with Crippen LogP contribution in [0.3, 0.4) is 0 Å². The number of nitro groups is 1. The van der Waals surface area contributed by atoms with Crippen LogP contribution in [0, 0.1) is 10.1 Å². The maximum atomic E-state index is 11.7. The van der Waals surface area contributed by atoms with Crippen LogP contribution in [0.2, 0.25) is 0 Å². The maximum absolute atomic E-state index is 11.7. The summed E-state index contributed by atoms with van der Waals surface area (Å²) in [5.41, 5.74) is -0.179. The number of carboxylic acids is 1. The van der Waals surface area contributed by atoms with E-state index in [0.29, 0.717) is 16.5 Å². The molecule has 1 heterocycles. The molecule has 0 aliphatic carbocycles. The number of aromatic amines is 1. The lowest BCUT2D eigenvalue weighted by Crippen LogP contribution is -2.17. The molecule has 0 saturated heterocycles. The van der Waals surface area contributed by atoms with Crippen LogP contribution >= 0.6 is 0 Å². The van der Waals surface area contributed by atoms with E-state index >= 15 is 0 Å². The van der Waals surface area contributed by atoms with Gasteiger partial charge in [0.25, 0.3) is 11.2 Å². The van der Waals surface area contributed by atoms with Gasteiger partial charge in [0, 0.05) is 11.5 Å². The van der Waals surface area contributed by atoms with Crippen molar-refractivity contribution in [3.63, 3.8) is 0 Å². The van der Waals surface area contributed by atoms with Crippen molar-refractivity contribution in [1.82, 2.24) is 4.98 Å². The number of carboxylic acid groups (broad SMARTS) is 1. The molecule has 0 saturated carbocycles. The van der Waals surface area contributed by atoms with Gasteiger partial charge in [-0.05, 0) is 17.7 Å². The Balaban J connectivity index is 2.36. The van der Waals surface area contributed by atoms with Gasteiger partial charge in [-0.15, -0.1) is 0 Å². The van der Waals surface area contributed by atoms with E-state index in [1.54, 1.807) is 30.3 Å². The molecular formula is C16H10N2O5. The first-order valence-electron chi connectivity index (χ1n) is 6.61. The monoisotopic (exact) mass is 310 g/mol. The molecule has 0 bridgehead atoms. The van der Waals surface area contributed by atoms with E-state index in [4.69, 9.17) is 5.11 Å². The van der Waals surface area contributed by atoms with Gasteiger partial charge in [0.2, 0.25) is 0 Å². The summed E-state index contributed by atoms with van der Waals surface area (Å²) < 4.78 is 0. The van der Waals surface area contributed by atoms with E-state index in [1.165, 1.54) is 18.2 Å². The lowest BCUT2D eigenvalue weighted by atomic mass is 10.0. The van der Waals surface area contributed by atoms with Gasteiger partial charge in [0.15, 0.2) is 0 Å². The molecule has 0 atom stereocenters. The summed E-state index contributed by atoms with van der Waals surface area (Å²) in [5, 5.41) is 20.8. The fourth-order valence-corrected chi connectivity index (χ4v) is 2.40. The number of aromatic carboxylic acids is 1. The third-order valence-corrected chi connectivity index (χ3v) is 3.47. The lowest BCUT2D eigenvalue weighted by Gasteiger charge is -2.06. The second-order valence-electron chi connectivity index (χ2n) is 4.90. The zero-order chi connectivity index (χ0) is 16.6. The molecule has 3 rings (SSSR count). The van der Waals surface area contributed by atoms with Crippen molar-refractivity contribution in [2.24, 2.45) is 0 Å². The molecule has 114 valence electrons. The van der Waals surface area contributed by atoms with Crippen LogP contribution in [0.1, 0.15) is 10.4 Å². The average Bonchev–Trinajstić information content (AvgIpc) is 2.53. The van der Waals surface area contributed by atoms with Crippen molar-refractivity contribution in [3.8, 4) is 11.1 Å². The molecule has 0 fully saturated rings. The highest BCUT2D eigenvalue weighted by Crippen LogP contribution is 2.33. The van der Waals surface area contributed by atoms with E-state index in [0.717, 1.165) is 0 Å². The SMILES string of the molecule is O=C(O)c1cc2cc(-c3ccccc3)c([N+](=O)[O-])cc2[nH]c1=O. The van der Waals surface area contributed by atoms with E-state index < -0.39 is 22.0 Å². The second-order valence-corrected chi connectivity index (χ2v) is 4.90. The van der Waals surface area contributed by atoms with Gasteiger partial charge >= 0.3 is 5.97 Å². The van der Waals surface area contributed by atoms with Crippen molar-refractivity contribution in [2.75, 3.05) is 0 Å². The summed E-state index contributed by atoms with van der Waals surface area (Å²) in [6.07, 6.45) is 0. The molecule has 2 aromatic carbocycles. The Morgan fingerprint density at radius 3 is 2.43 bits per heavy atom. The van der Waals surface area contributed by atoms with Gasteiger partial charge in [-0.25, -0.2) is 4.79 Å². The molecule has 1 aromatic heterocycles. The third-order valence-electron chi connectivity index (χ3n) is 3.47. The van der Waals surface area contributed by atoms with Gasteiger partial charge in [0.05, 0.1) is 16.0 Å². The topological polar surface area (TPSA) is 113 Å². The van der Waals surface area contributed by atoms with Crippen molar-refractivity contribution < 1.29 is 14.8 Å². The molecule has 0 radical (unpaired) electrons. The van der Waals surface area contributed by atoms with E-state index in [-0.39, 0.29) is 11.2 Å². The number of carbonyl (C=O) groups is 1. The van der Waals surface area contributed by atoms with Crippen LogP contribution in [-0.2, 0) is 0 Å². The van der Waals surface area contributed by atoms with Crippen LogP contribution in [0.25, 0.3) is 22.0 Å². The first kappa shape index (κ1) is 14.5. The van der Waals surface area contributed by atoms with Crippen LogP contribution in [0.15, 0.2) is 53.3 Å². The zero-order valence-corrected chi connectivity index (χ0v) is 11.6. The molecule has 0 spiro atoms. The summed E-state index contributed by atoms with van der Waals surface area (Å²) in [7, 11) is 0. The molecule has 7 nitrogen and oxygen atoms in total. The fourth-order valence-electron chi connectivity index (χ4n) is 2.40. The van der Waals surface area contributed by atoms with Crippen molar-refractivity contribution in [3.05, 3.63) is 74.6 Å². The lowest BCUT2D eigenvalue weighted by molar-refractivity contribution is -0.384. The number of benzene rings is 2. The summed E-state index contributed by atoms with van der Waals surface area (Å²) in [4.78, 5) is 35.9. The van der Waals surface area contributed by atoms with Gasteiger partial charge in [-0.3, -0.25) is 14.9 Å². The summed E-state index contributed by atoms with van der Waals surface area (Å²) in [6, 6.07) is 12.7. The number of hydrogen-bond acceptors (Lipinski definition) is 4. The Morgan fingerprint density at radius 1 is 1.13 bits per heavy atom. The minimum Gasteiger partial charge on any atom is -0.477 e. The molecule has 7 heteroatoms. The number of nitro benzene ring substituents is 1. The molecular weight excluding hydrogens is 300 g/mol. The van der Waals surface area contributed by atoms with E-state index in [2.05, 4.69) is 4.98 Å². The molecule has 0 aliphatic rings. The maximum Gasteiger partial charge on any atom is 0.341 e. The molecule has 0 amide bonds. The van der Waals surface area contributed by atoms with Crippen LogP contribution < -0.4 is 5.56 Å². The quantitative estimate of drug-likeness (QED) is 0.570. The Morgan fingerprint density at radius 2 is 1.83 bits per heavy atom. The van der Waals surface area contributed by atoms with Crippen LogP contribution in [0.5, 0.6) is 0 Å². The summed E-state index contributed by atoms with van der Waals surface area (Å²) >= 11 is 0.